The normalized spacial score (nSPS) is 10.6. The molecule has 0 aliphatic heterocycles. The SMILES string of the molecule is CCOC(=O)Cc1cccc2c1ccn2P. The van der Waals surface area contributed by atoms with Gasteiger partial charge in [-0.3, -0.25) is 4.79 Å². The highest BCUT2D eigenvalue weighted by Crippen LogP contribution is 2.22. The molecule has 0 radical (unpaired) electrons. The number of carbonyl (C=O) groups is 1. The van der Waals surface area contributed by atoms with E-state index in [0.717, 1.165) is 16.5 Å². The van der Waals surface area contributed by atoms with Crippen molar-refractivity contribution in [2.45, 2.75) is 13.3 Å². The lowest BCUT2D eigenvalue weighted by molar-refractivity contribution is -0.142. The van der Waals surface area contributed by atoms with Crippen LogP contribution in [0.2, 0.25) is 0 Å². The summed E-state index contributed by atoms with van der Waals surface area (Å²) in [6, 6.07) is 7.95. The summed E-state index contributed by atoms with van der Waals surface area (Å²) in [6.07, 6.45) is 2.30. The predicted octanol–water partition coefficient (Wildman–Crippen LogP) is 2.39. The van der Waals surface area contributed by atoms with Crippen LogP contribution in [0.1, 0.15) is 12.5 Å². The van der Waals surface area contributed by atoms with E-state index in [9.17, 15) is 4.79 Å². The van der Waals surface area contributed by atoms with Gasteiger partial charge in [0.25, 0.3) is 0 Å². The highest BCUT2D eigenvalue weighted by molar-refractivity contribution is 7.14. The number of fused-ring (bicyclic) bond motifs is 1. The predicted molar refractivity (Wildman–Crippen MR) is 67.4 cm³/mol. The van der Waals surface area contributed by atoms with Crippen molar-refractivity contribution in [2.24, 2.45) is 0 Å². The molecule has 4 heteroatoms. The van der Waals surface area contributed by atoms with E-state index in [1.54, 1.807) is 0 Å². The molecule has 0 bridgehead atoms. The first kappa shape index (κ1) is 11.2. The van der Waals surface area contributed by atoms with Crippen molar-refractivity contribution in [1.82, 2.24) is 4.34 Å². The number of nitrogens with zero attached hydrogens (tertiary/aromatic N) is 1. The summed E-state index contributed by atoms with van der Waals surface area (Å²) in [5.74, 6) is -0.175. The Morgan fingerprint density at radius 2 is 2.25 bits per heavy atom. The first-order valence-corrected chi connectivity index (χ1v) is 5.73. The van der Waals surface area contributed by atoms with Gasteiger partial charge in [0.1, 0.15) is 0 Å². The number of hydrogen-bond donors (Lipinski definition) is 0. The smallest absolute Gasteiger partial charge is 0.310 e. The molecule has 1 unspecified atom stereocenters. The quantitative estimate of drug-likeness (QED) is 0.604. The summed E-state index contributed by atoms with van der Waals surface area (Å²) >= 11 is 0. The zero-order valence-corrected chi connectivity index (χ0v) is 10.3. The van der Waals surface area contributed by atoms with Crippen molar-refractivity contribution in [3.8, 4) is 0 Å². The largest absolute Gasteiger partial charge is 0.466 e. The van der Waals surface area contributed by atoms with Crippen molar-refractivity contribution >= 4 is 26.3 Å². The van der Waals surface area contributed by atoms with Crippen LogP contribution in [-0.4, -0.2) is 16.9 Å². The van der Waals surface area contributed by atoms with E-state index in [1.807, 2.05) is 41.7 Å². The van der Waals surface area contributed by atoms with Crippen LogP contribution in [0.3, 0.4) is 0 Å². The average molecular weight is 235 g/mol. The van der Waals surface area contributed by atoms with Crippen LogP contribution in [0.15, 0.2) is 30.5 Å². The highest BCUT2D eigenvalue weighted by Gasteiger charge is 2.08. The molecule has 84 valence electrons. The fourth-order valence-corrected chi connectivity index (χ4v) is 2.09. The molecular formula is C12H14NO2P. The molecule has 0 spiro atoms. The van der Waals surface area contributed by atoms with Gasteiger partial charge >= 0.3 is 5.97 Å². The third-order valence-corrected chi connectivity index (χ3v) is 2.94. The van der Waals surface area contributed by atoms with Crippen LogP contribution in [-0.2, 0) is 16.0 Å². The van der Waals surface area contributed by atoms with Crippen LogP contribution in [0.5, 0.6) is 0 Å². The van der Waals surface area contributed by atoms with Gasteiger partial charge in [-0.1, -0.05) is 12.1 Å². The number of rotatable bonds is 3. The molecule has 16 heavy (non-hydrogen) atoms. The molecule has 0 aliphatic rings. The Balaban J connectivity index is 2.34. The second kappa shape index (κ2) is 4.67. The van der Waals surface area contributed by atoms with E-state index in [2.05, 4.69) is 9.39 Å². The van der Waals surface area contributed by atoms with Gasteiger partial charge in [-0.15, -0.1) is 0 Å². The molecule has 2 rings (SSSR count). The standard InChI is InChI=1S/C12H14NO2P/c1-2-15-12(14)8-9-4-3-5-11-10(9)6-7-13(11)16/h3-7H,2,8,16H2,1H3. The fourth-order valence-electron chi connectivity index (χ4n) is 1.77. The van der Waals surface area contributed by atoms with E-state index in [1.165, 1.54) is 0 Å². The van der Waals surface area contributed by atoms with Crippen LogP contribution in [0, 0.1) is 0 Å². The maximum absolute atomic E-state index is 11.4. The number of aromatic nitrogens is 1. The van der Waals surface area contributed by atoms with Crippen LogP contribution in [0.25, 0.3) is 10.9 Å². The number of hydrogen-bond acceptors (Lipinski definition) is 2. The van der Waals surface area contributed by atoms with Gasteiger partial charge in [0, 0.05) is 11.6 Å². The van der Waals surface area contributed by atoms with E-state index >= 15 is 0 Å². The second-order valence-electron chi connectivity index (χ2n) is 3.55. The summed E-state index contributed by atoms with van der Waals surface area (Å²) in [5.41, 5.74) is 2.11. The van der Waals surface area contributed by atoms with Crippen molar-refractivity contribution in [3.63, 3.8) is 0 Å². The summed E-state index contributed by atoms with van der Waals surface area (Å²) in [7, 11) is 2.62. The molecule has 1 heterocycles. The van der Waals surface area contributed by atoms with E-state index in [0.29, 0.717) is 13.0 Å². The lowest BCUT2D eigenvalue weighted by Gasteiger charge is -2.04. The summed E-state index contributed by atoms with van der Waals surface area (Å²) in [5, 5.41) is 1.10. The van der Waals surface area contributed by atoms with Crippen molar-refractivity contribution in [2.75, 3.05) is 6.61 Å². The fraction of sp³-hybridized carbons (Fsp3) is 0.250. The van der Waals surface area contributed by atoms with E-state index in [-0.39, 0.29) is 5.97 Å². The van der Waals surface area contributed by atoms with Crippen LogP contribution >= 0.6 is 9.39 Å². The van der Waals surface area contributed by atoms with E-state index in [4.69, 9.17) is 4.74 Å². The molecule has 0 saturated carbocycles. The van der Waals surface area contributed by atoms with Gasteiger partial charge in [-0.25, -0.2) is 0 Å². The molecule has 0 aliphatic carbocycles. The molecule has 2 aromatic rings. The lowest BCUT2D eigenvalue weighted by atomic mass is 10.1. The Hall–Kier alpha value is -1.34. The number of benzene rings is 1. The molecule has 1 aromatic carbocycles. The number of ether oxygens (including phenoxy) is 1. The number of esters is 1. The monoisotopic (exact) mass is 235 g/mol. The third-order valence-electron chi connectivity index (χ3n) is 2.49. The Kier molecular flexibility index (Phi) is 3.25. The summed E-state index contributed by atoms with van der Waals surface area (Å²) in [4.78, 5) is 11.4. The zero-order chi connectivity index (χ0) is 11.5. The van der Waals surface area contributed by atoms with E-state index < -0.39 is 0 Å². The number of carbonyl (C=O) groups excluding carboxylic acids is 1. The molecule has 1 aromatic heterocycles. The molecule has 0 N–H and O–H groups in total. The van der Waals surface area contributed by atoms with Crippen LogP contribution < -0.4 is 0 Å². The van der Waals surface area contributed by atoms with Crippen molar-refractivity contribution in [3.05, 3.63) is 36.0 Å². The van der Waals surface area contributed by atoms with Crippen molar-refractivity contribution in [1.29, 1.82) is 0 Å². The topological polar surface area (TPSA) is 31.2 Å². The van der Waals surface area contributed by atoms with Crippen LogP contribution in [0.4, 0.5) is 0 Å². The van der Waals surface area contributed by atoms with Gasteiger partial charge in [-0.05, 0) is 34.0 Å². The summed E-state index contributed by atoms with van der Waals surface area (Å²) in [6.45, 7) is 2.25. The van der Waals surface area contributed by atoms with Gasteiger partial charge in [0.15, 0.2) is 0 Å². The van der Waals surface area contributed by atoms with Gasteiger partial charge in [-0.2, -0.15) is 0 Å². The highest BCUT2D eigenvalue weighted by atomic mass is 31.0. The first-order valence-electron chi connectivity index (χ1n) is 5.22. The first-order chi connectivity index (χ1) is 7.72. The minimum atomic E-state index is -0.175. The molecular weight excluding hydrogens is 221 g/mol. The zero-order valence-electron chi connectivity index (χ0n) is 9.14. The molecule has 0 fully saturated rings. The lowest BCUT2D eigenvalue weighted by Crippen LogP contribution is -2.07. The van der Waals surface area contributed by atoms with Gasteiger partial charge in [0.05, 0.1) is 18.5 Å². The van der Waals surface area contributed by atoms with Gasteiger partial charge in [0.2, 0.25) is 0 Å². The molecule has 0 amide bonds. The third kappa shape index (κ3) is 2.10. The Morgan fingerprint density at radius 1 is 1.44 bits per heavy atom. The van der Waals surface area contributed by atoms with Gasteiger partial charge < -0.3 is 9.07 Å². The molecule has 3 nitrogen and oxygen atoms in total. The Morgan fingerprint density at radius 3 is 3.00 bits per heavy atom. The molecule has 0 saturated heterocycles. The average Bonchev–Trinajstić information content (AvgIpc) is 2.62. The second-order valence-corrected chi connectivity index (χ2v) is 4.11. The minimum Gasteiger partial charge on any atom is -0.466 e. The Bertz CT molecular complexity index is 519. The molecule has 1 atom stereocenters. The van der Waals surface area contributed by atoms with Crippen molar-refractivity contribution < 1.29 is 9.53 Å². The maximum Gasteiger partial charge on any atom is 0.310 e. The Labute approximate surface area is 96.7 Å². The maximum atomic E-state index is 11.4. The minimum absolute atomic E-state index is 0.175. The summed E-state index contributed by atoms with van der Waals surface area (Å²) < 4.78 is 6.91.